The first-order valence-electron chi connectivity index (χ1n) is 10.6. The first-order valence-corrected chi connectivity index (χ1v) is 11.3. The highest BCUT2D eigenvalue weighted by molar-refractivity contribution is 6.31. The standard InChI is InChI=1S/C27H17Cl2N3O3/c28-19-7-1-16(2-8-19)25(33)30-21-11-5-18(6-12-21)27-32-23-15-22(13-14-24(23)35-27)31-26(34)17-3-9-20(29)10-4-17/h1-15H,(H,30,33)(H,31,34). The number of carbonyl (C=O) groups is 2. The Morgan fingerprint density at radius 1 is 0.657 bits per heavy atom. The van der Waals surface area contributed by atoms with Gasteiger partial charge in [0.05, 0.1) is 0 Å². The van der Waals surface area contributed by atoms with E-state index in [2.05, 4.69) is 15.6 Å². The van der Waals surface area contributed by atoms with Crippen LogP contribution >= 0.6 is 23.2 Å². The minimum Gasteiger partial charge on any atom is -0.436 e. The molecule has 172 valence electrons. The maximum absolute atomic E-state index is 12.5. The van der Waals surface area contributed by atoms with Gasteiger partial charge >= 0.3 is 0 Å². The first kappa shape index (κ1) is 22.7. The topological polar surface area (TPSA) is 84.2 Å². The fourth-order valence-electron chi connectivity index (χ4n) is 3.43. The van der Waals surface area contributed by atoms with Gasteiger partial charge in [0, 0.05) is 38.1 Å². The van der Waals surface area contributed by atoms with E-state index in [-0.39, 0.29) is 11.8 Å². The fourth-order valence-corrected chi connectivity index (χ4v) is 3.69. The number of aromatic nitrogens is 1. The summed E-state index contributed by atoms with van der Waals surface area (Å²) < 4.78 is 5.88. The summed E-state index contributed by atoms with van der Waals surface area (Å²) in [6.45, 7) is 0. The number of fused-ring (bicyclic) bond motifs is 1. The zero-order chi connectivity index (χ0) is 24.4. The highest BCUT2D eigenvalue weighted by Gasteiger charge is 2.12. The molecule has 0 aliphatic rings. The second-order valence-corrected chi connectivity index (χ2v) is 8.57. The van der Waals surface area contributed by atoms with Crippen molar-refractivity contribution in [2.24, 2.45) is 0 Å². The van der Waals surface area contributed by atoms with Crippen LogP contribution in [0.1, 0.15) is 20.7 Å². The summed E-state index contributed by atoms with van der Waals surface area (Å²) in [6.07, 6.45) is 0. The summed E-state index contributed by atoms with van der Waals surface area (Å²) in [6, 6.07) is 25.7. The minimum atomic E-state index is -0.249. The number of amides is 2. The molecule has 35 heavy (non-hydrogen) atoms. The molecule has 8 heteroatoms. The van der Waals surface area contributed by atoms with E-state index < -0.39 is 0 Å². The third kappa shape index (κ3) is 5.19. The Bertz CT molecular complexity index is 1530. The number of benzene rings is 4. The Kier molecular flexibility index (Phi) is 6.23. The van der Waals surface area contributed by atoms with Crippen LogP contribution in [0.5, 0.6) is 0 Å². The number of oxazole rings is 1. The molecule has 2 amide bonds. The van der Waals surface area contributed by atoms with Crippen molar-refractivity contribution in [3.8, 4) is 11.5 Å². The van der Waals surface area contributed by atoms with Gasteiger partial charge in [-0.25, -0.2) is 4.98 Å². The van der Waals surface area contributed by atoms with E-state index in [1.807, 2.05) is 12.1 Å². The van der Waals surface area contributed by atoms with Crippen molar-refractivity contribution in [2.75, 3.05) is 10.6 Å². The molecule has 1 aromatic heterocycles. The highest BCUT2D eigenvalue weighted by atomic mass is 35.5. The van der Waals surface area contributed by atoms with E-state index >= 15 is 0 Å². The third-order valence-electron chi connectivity index (χ3n) is 5.25. The SMILES string of the molecule is O=C(Nc1ccc(-c2nc3cc(NC(=O)c4ccc(Cl)cc4)ccc3o2)cc1)c1ccc(Cl)cc1. The largest absolute Gasteiger partial charge is 0.436 e. The van der Waals surface area contributed by atoms with E-state index in [1.54, 1.807) is 78.9 Å². The second kappa shape index (κ2) is 9.62. The van der Waals surface area contributed by atoms with E-state index in [0.717, 1.165) is 5.56 Å². The van der Waals surface area contributed by atoms with Gasteiger partial charge in [-0.15, -0.1) is 0 Å². The van der Waals surface area contributed by atoms with Gasteiger partial charge in [0.1, 0.15) is 5.52 Å². The molecule has 4 aromatic carbocycles. The lowest BCUT2D eigenvalue weighted by Gasteiger charge is -2.06. The summed E-state index contributed by atoms with van der Waals surface area (Å²) in [5, 5.41) is 6.83. The number of hydrogen-bond donors (Lipinski definition) is 2. The van der Waals surface area contributed by atoms with E-state index in [4.69, 9.17) is 27.6 Å². The zero-order valence-electron chi connectivity index (χ0n) is 18.1. The average molecular weight is 502 g/mol. The molecule has 0 fully saturated rings. The van der Waals surface area contributed by atoms with Gasteiger partial charge in [0.2, 0.25) is 5.89 Å². The monoisotopic (exact) mass is 501 g/mol. The van der Waals surface area contributed by atoms with Crippen molar-refractivity contribution in [1.29, 1.82) is 0 Å². The Labute approximate surface area is 210 Å². The molecule has 0 aliphatic heterocycles. The summed E-state index contributed by atoms with van der Waals surface area (Å²) in [5.41, 5.74) is 4.18. The molecular weight excluding hydrogens is 485 g/mol. The number of hydrogen-bond acceptors (Lipinski definition) is 4. The molecule has 0 spiro atoms. The van der Waals surface area contributed by atoms with Crippen molar-refractivity contribution < 1.29 is 14.0 Å². The van der Waals surface area contributed by atoms with E-state index in [0.29, 0.717) is 49.5 Å². The molecular formula is C27H17Cl2N3O3. The van der Waals surface area contributed by atoms with Gasteiger partial charge in [-0.3, -0.25) is 9.59 Å². The average Bonchev–Trinajstić information content (AvgIpc) is 3.29. The van der Waals surface area contributed by atoms with Crippen LogP contribution in [-0.4, -0.2) is 16.8 Å². The maximum atomic E-state index is 12.5. The van der Waals surface area contributed by atoms with Crippen molar-refractivity contribution in [3.05, 3.63) is 112 Å². The van der Waals surface area contributed by atoms with Crippen LogP contribution in [-0.2, 0) is 0 Å². The number of rotatable bonds is 5. The predicted molar refractivity (Wildman–Crippen MR) is 138 cm³/mol. The van der Waals surface area contributed by atoms with Crippen LogP contribution in [0.2, 0.25) is 10.0 Å². The summed E-state index contributed by atoms with van der Waals surface area (Å²) in [4.78, 5) is 29.4. The van der Waals surface area contributed by atoms with Crippen molar-refractivity contribution in [2.45, 2.75) is 0 Å². The molecule has 5 aromatic rings. The molecule has 0 atom stereocenters. The fraction of sp³-hybridized carbons (Fsp3) is 0. The number of nitrogens with zero attached hydrogens (tertiary/aromatic N) is 1. The molecule has 1 heterocycles. The maximum Gasteiger partial charge on any atom is 0.255 e. The third-order valence-corrected chi connectivity index (χ3v) is 5.75. The Balaban J connectivity index is 1.30. The molecule has 0 saturated carbocycles. The molecule has 5 rings (SSSR count). The van der Waals surface area contributed by atoms with Crippen molar-refractivity contribution >= 4 is 57.5 Å². The molecule has 2 N–H and O–H groups in total. The lowest BCUT2D eigenvalue weighted by molar-refractivity contribution is 0.101. The van der Waals surface area contributed by atoms with Gasteiger partial charge in [-0.05, 0) is 91.0 Å². The lowest BCUT2D eigenvalue weighted by Crippen LogP contribution is -2.11. The van der Waals surface area contributed by atoms with Crippen LogP contribution in [0.15, 0.2) is 95.4 Å². The highest BCUT2D eigenvalue weighted by Crippen LogP contribution is 2.27. The molecule has 6 nitrogen and oxygen atoms in total. The number of halogens is 2. The molecule has 0 aliphatic carbocycles. The number of nitrogens with one attached hydrogen (secondary N) is 2. The van der Waals surface area contributed by atoms with Gasteiger partial charge in [0.25, 0.3) is 11.8 Å². The second-order valence-electron chi connectivity index (χ2n) is 7.70. The first-order chi connectivity index (χ1) is 16.9. The van der Waals surface area contributed by atoms with Crippen LogP contribution in [0, 0.1) is 0 Å². The van der Waals surface area contributed by atoms with E-state index in [1.165, 1.54) is 0 Å². The Hall–Kier alpha value is -4.13. The van der Waals surface area contributed by atoms with Crippen LogP contribution in [0.25, 0.3) is 22.6 Å². The Morgan fingerprint density at radius 3 is 1.74 bits per heavy atom. The number of carbonyl (C=O) groups excluding carboxylic acids is 2. The summed E-state index contributed by atoms with van der Waals surface area (Å²) in [7, 11) is 0. The summed E-state index contributed by atoms with van der Waals surface area (Å²) >= 11 is 11.8. The van der Waals surface area contributed by atoms with Crippen LogP contribution < -0.4 is 10.6 Å². The smallest absolute Gasteiger partial charge is 0.255 e. The van der Waals surface area contributed by atoms with Gasteiger partial charge in [0.15, 0.2) is 5.58 Å². The molecule has 0 radical (unpaired) electrons. The predicted octanol–water partition coefficient (Wildman–Crippen LogP) is 7.31. The van der Waals surface area contributed by atoms with Crippen molar-refractivity contribution in [1.82, 2.24) is 4.98 Å². The minimum absolute atomic E-state index is 0.232. The molecule has 0 saturated heterocycles. The quantitative estimate of drug-likeness (QED) is 0.264. The van der Waals surface area contributed by atoms with E-state index in [9.17, 15) is 9.59 Å². The Morgan fingerprint density at radius 2 is 1.17 bits per heavy atom. The number of anilines is 2. The van der Waals surface area contributed by atoms with Gasteiger partial charge in [-0.1, -0.05) is 23.2 Å². The molecule has 0 unspecified atom stereocenters. The van der Waals surface area contributed by atoms with Crippen molar-refractivity contribution in [3.63, 3.8) is 0 Å². The molecule has 0 bridgehead atoms. The van der Waals surface area contributed by atoms with Gasteiger partial charge < -0.3 is 15.1 Å². The van der Waals surface area contributed by atoms with Gasteiger partial charge in [-0.2, -0.15) is 0 Å². The van der Waals surface area contributed by atoms with Crippen LogP contribution in [0.4, 0.5) is 11.4 Å². The normalized spacial score (nSPS) is 10.8. The zero-order valence-corrected chi connectivity index (χ0v) is 19.6. The van der Waals surface area contributed by atoms with Crippen LogP contribution in [0.3, 0.4) is 0 Å². The lowest BCUT2D eigenvalue weighted by atomic mass is 10.2. The summed E-state index contributed by atoms with van der Waals surface area (Å²) in [5.74, 6) is -0.0535.